The second-order valence-corrected chi connectivity index (χ2v) is 9.16. The lowest BCUT2D eigenvalue weighted by atomic mass is 10.1. The van der Waals surface area contributed by atoms with Crippen molar-refractivity contribution >= 4 is 56.4 Å². The van der Waals surface area contributed by atoms with Gasteiger partial charge in [-0.25, -0.2) is 15.0 Å². The van der Waals surface area contributed by atoms with Gasteiger partial charge in [-0.3, -0.25) is 13.9 Å². The highest BCUT2D eigenvalue weighted by molar-refractivity contribution is 6.34. The van der Waals surface area contributed by atoms with Crippen LogP contribution >= 0.6 is 23.2 Å². The first-order valence-corrected chi connectivity index (χ1v) is 11.2. The third-order valence-electron chi connectivity index (χ3n) is 5.63. The van der Waals surface area contributed by atoms with Crippen molar-refractivity contribution in [1.29, 1.82) is 0 Å². The van der Waals surface area contributed by atoms with Crippen molar-refractivity contribution in [2.45, 2.75) is 33.7 Å². The Kier molecular flexibility index (Phi) is 5.14. The molecule has 0 fully saturated rings. The zero-order valence-corrected chi connectivity index (χ0v) is 19.4. The highest BCUT2D eigenvalue weighted by Crippen LogP contribution is 2.33. The molecule has 0 N–H and O–H groups in total. The summed E-state index contributed by atoms with van der Waals surface area (Å²) in [6.45, 7) is 6.71. The minimum atomic E-state index is -0.125. The normalized spacial score (nSPS) is 11.9. The number of rotatable bonds is 4. The van der Waals surface area contributed by atoms with E-state index in [2.05, 4.69) is 13.8 Å². The Morgan fingerprint density at radius 3 is 2.41 bits per heavy atom. The average molecular weight is 466 g/mol. The number of para-hydroxylation sites is 2. The Balaban J connectivity index is 1.96. The summed E-state index contributed by atoms with van der Waals surface area (Å²) in [6, 6.07) is 12.8. The molecule has 0 amide bonds. The van der Waals surface area contributed by atoms with E-state index < -0.39 is 0 Å². The van der Waals surface area contributed by atoms with Crippen molar-refractivity contribution in [2.24, 2.45) is 5.92 Å². The number of halogens is 2. The number of aromatic nitrogens is 5. The molecule has 8 heteroatoms. The number of hydrogen-bond donors (Lipinski definition) is 0. The van der Waals surface area contributed by atoms with Gasteiger partial charge in [-0.05, 0) is 49.6 Å². The van der Waals surface area contributed by atoms with Crippen LogP contribution in [0.1, 0.15) is 26.1 Å². The Bertz CT molecular complexity index is 1570. The first-order valence-electron chi connectivity index (χ1n) is 10.5. The van der Waals surface area contributed by atoms with E-state index in [1.165, 1.54) is 0 Å². The maximum Gasteiger partial charge on any atom is 0.265 e. The SMILES string of the molecule is Cc1nc2c(c(=O)n1CCC(C)C)c1nc3ccccc3nc1n2-c1cc(Cl)ccc1Cl. The molecule has 3 aromatic heterocycles. The lowest BCUT2D eigenvalue weighted by Crippen LogP contribution is -2.24. The van der Waals surface area contributed by atoms with Crippen LogP contribution in [-0.2, 0) is 6.54 Å². The van der Waals surface area contributed by atoms with Gasteiger partial charge in [-0.15, -0.1) is 0 Å². The van der Waals surface area contributed by atoms with Crippen LogP contribution in [0.25, 0.3) is 38.9 Å². The van der Waals surface area contributed by atoms with Gasteiger partial charge in [-0.2, -0.15) is 0 Å². The molecular weight excluding hydrogens is 445 g/mol. The molecule has 0 spiro atoms. The zero-order valence-electron chi connectivity index (χ0n) is 17.9. The fraction of sp³-hybridized carbons (Fsp3) is 0.250. The van der Waals surface area contributed by atoms with Crippen molar-refractivity contribution in [3.8, 4) is 5.69 Å². The Morgan fingerprint density at radius 2 is 1.69 bits per heavy atom. The number of hydrogen-bond acceptors (Lipinski definition) is 4. The second kappa shape index (κ2) is 7.87. The van der Waals surface area contributed by atoms with Gasteiger partial charge >= 0.3 is 0 Å². The van der Waals surface area contributed by atoms with E-state index in [9.17, 15) is 4.79 Å². The van der Waals surface area contributed by atoms with Gasteiger partial charge in [-0.1, -0.05) is 49.2 Å². The van der Waals surface area contributed by atoms with Gasteiger partial charge < -0.3 is 0 Å². The summed E-state index contributed by atoms with van der Waals surface area (Å²) in [6.07, 6.45) is 0.876. The number of nitrogens with zero attached hydrogens (tertiary/aromatic N) is 5. The summed E-state index contributed by atoms with van der Waals surface area (Å²) < 4.78 is 3.52. The number of benzene rings is 2. The number of fused-ring (bicyclic) bond motifs is 4. The average Bonchev–Trinajstić information content (AvgIpc) is 3.06. The van der Waals surface area contributed by atoms with Crippen molar-refractivity contribution in [3.05, 3.63) is 68.7 Å². The van der Waals surface area contributed by atoms with Crippen molar-refractivity contribution in [1.82, 2.24) is 24.1 Å². The molecule has 0 aliphatic rings. The molecule has 0 saturated carbocycles. The molecule has 0 aliphatic carbocycles. The highest BCUT2D eigenvalue weighted by atomic mass is 35.5. The van der Waals surface area contributed by atoms with Gasteiger partial charge in [0, 0.05) is 11.6 Å². The largest absolute Gasteiger partial charge is 0.296 e. The minimum Gasteiger partial charge on any atom is -0.296 e. The molecule has 0 bridgehead atoms. The van der Waals surface area contributed by atoms with E-state index in [-0.39, 0.29) is 5.56 Å². The number of aryl methyl sites for hydroxylation is 1. The highest BCUT2D eigenvalue weighted by Gasteiger charge is 2.23. The van der Waals surface area contributed by atoms with Crippen LogP contribution in [0.5, 0.6) is 0 Å². The van der Waals surface area contributed by atoms with Gasteiger partial charge in [0.2, 0.25) is 0 Å². The molecule has 32 heavy (non-hydrogen) atoms. The third kappa shape index (κ3) is 3.34. The molecule has 3 heterocycles. The van der Waals surface area contributed by atoms with Crippen LogP contribution in [0.15, 0.2) is 47.3 Å². The first kappa shape index (κ1) is 20.9. The molecule has 0 saturated heterocycles. The van der Waals surface area contributed by atoms with E-state index >= 15 is 0 Å². The van der Waals surface area contributed by atoms with Crippen LogP contribution in [0.4, 0.5) is 0 Å². The van der Waals surface area contributed by atoms with Crippen molar-refractivity contribution < 1.29 is 0 Å². The molecule has 5 rings (SSSR count). The van der Waals surface area contributed by atoms with E-state index in [1.54, 1.807) is 27.3 Å². The fourth-order valence-electron chi connectivity index (χ4n) is 3.97. The van der Waals surface area contributed by atoms with Gasteiger partial charge in [0.15, 0.2) is 11.3 Å². The van der Waals surface area contributed by atoms with E-state index in [0.717, 1.165) is 11.9 Å². The molecule has 162 valence electrons. The Labute approximate surface area is 194 Å². The van der Waals surface area contributed by atoms with Crippen LogP contribution < -0.4 is 5.56 Å². The second-order valence-electron chi connectivity index (χ2n) is 8.31. The van der Waals surface area contributed by atoms with Crippen molar-refractivity contribution in [2.75, 3.05) is 0 Å². The Hall–Kier alpha value is -2.96. The van der Waals surface area contributed by atoms with Crippen molar-refractivity contribution in [3.63, 3.8) is 0 Å². The summed E-state index contributed by atoms with van der Waals surface area (Å²) in [7, 11) is 0. The monoisotopic (exact) mass is 465 g/mol. The van der Waals surface area contributed by atoms with Gasteiger partial charge in [0.1, 0.15) is 16.7 Å². The lowest BCUT2D eigenvalue weighted by Gasteiger charge is -2.12. The molecular formula is C24H21Cl2N5O. The zero-order chi connectivity index (χ0) is 22.6. The summed E-state index contributed by atoms with van der Waals surface area (Å²) in [5.41, 5.74) is 3.42. The summed E-state index contributed by atoms with van der Waals surface area (Å²) in [5, 5.41) is 1.44. The van der Waals surface area contributed by atoms with Gasteiger partial charge in [0.25, 0.3) is 5.56 Å². The predicted molar refractivity (Wildman–Crippen MR) is 130 cm³/mol. The summed E-state index contributed by atoms with van der Waals surface area (Å²) >= 11 is 12.9. The van der Waals surface area contributed by atoms with E-state index in [0.29, 0.717) is 61.7 Å². The molecule has 6 nitrogen and oxygen atoms in total. The van der Waals surface area contributed by atoms with Crippen LogP contribution in [-0.4, -0.2) is 24.1 Å². The molecule has 5 aromatic rings. The quantitative estimate of drug-likeness (QED) is 0.329. The van der Waals surface area contributed by atoms with Crippen LogP contribution in [0.3, 0.4) is 0 Å². The molecule has 0 atom stereocenters. The van der Waals surface area contributed by atoms with Gasteiger partial charge in [0.05, 0.1) is 21.7 Å². The predicted octanol–water partition coefficient (Wildman–Crippen LogP) is 5.94. The van der Waals surface area contributed by atoms with Crippen LogP contribution in [0, 0.1) is 12.8 Å². The Morgan fingerprint density at radius 1 is 0.969 bits per heavy atom. The third-order valence-corrected chi connectivity index (χ3v) is 6.19. The summed E-state index contributed by atoms with van der Waals surface area (Å²) in [4.78, 5) is 28.2. The molecule has 0 unspecified atom stereocenters. The maximum atomic E-state index is 13.7. The standard InChI is InChI=1S/C24H21Cl2N5O/c1-13(2)10-11-30-14(3)27-22-20(24(30)32)21-23(29-18-7-5-4-6-17(18)28-21)31(22)19-12-15(25)8-9-16(19)26/h4-9,12-13H,10-11H2,1-3H3. The fourth-order valence-corrected chi connectivity index (χ4v) is 4.34. The maximum absolute atomic E-state index is 13.7. The minimum absolute atomic E-state index is 0.125. The molecule has 0 radical (unpaired) electrons. The summed E-state index contributed by atoms with van der Waals surface area (Å²) in [5.74, 6) is 1.10. The van der Waals surface area contributed by atoms with E-state index in [4.69, 9.17) is 38.2 Å². The molecule has 2 aromatic carbocycles. The van der Waals surface area contributed by atoms with E-state index in [1.807, 2.05) is 31.2 Å². The first-order chi connectivity index (χ1) is 15.3. The smallest absolute Gasteiger partial charge is 0.265 e. The topological polar surface area (TPSA) is 65.6 Å². The lowest BCUT2D eigenvalue weighted by molar-refractivity contribution is 0.498. The van der Waals surface area contributed by atoms with Crippen LogP contribution in [0.2, 0.25) is 10.0 Å². The molecule has 0 aliphatic heterocycles.